The van der Waals surface area contributed by atoms with Crippen molar-refractivity contribution < 1.29 is 9.90 Å². The molecule has 0 spiro atoms. The van der Waals surface area contributed by atoms with Gasteiger partial charge >= 0.3 is 5.97 Å². The van der Waals surface area contributed by atoms with Gasteiger partial charge in [-0.05, 0) is 41.8 Å². The number of hydrogen-bond donors (Lipinski definition) is 2. The Labute approximate surface area is 126 Å². The molecule has 0 unspecified atom stereocenters. The number of nitrogens with zero attached hydrogens (tertiary/aromatic N) is 1. The summed E-state index contributed by atoms with van der Waals surface area (Å²) in [5.74, 6) is -0.329. The largest absolute Gasteiger partial charge is 0.478 e. The molecule has 0 bridgehead atoms. The molecule has 1 aromatic heterocycles. The lowest BCUT2D eigenvalue weighted by molar-refractivity contribution is 0.0697. The maximum atomic E-state index is 11.0. The Morgan fingerprint density at radius 2 is 2.00 bits per heavy atom. The zero-order valence-corrected chi connectivity index (χ0v) is 11.6. The number of carboxylic acid groups (broad SMARTS) is 1. The maximum Gasteiger partial charge on any atom is 0.335 e. The molecule has 0 aliphatic carbocycles. The van der Waals surface area contributed by atoms with E-state index in [0.717, 1.165) is 10.8 Å². The van der Waals surface area contributed by atoms with Crippen LogP contribution in [0.25, 0.3) is 10.8 Å². The summed E-state index contributed by atoms with van der Waals surface area (Å²) in [6, 6.07) is 14.0. The van der Waals surface area contributed by atoms with Gasteiger partial charge in [0, 0.05) is 22.3 Å². The van der Waals surface area contributed by atoms with Gasteiger partial charge in [-0.3, -0.25) is 0 Å². The molecule has 0 aliphatic heterocycles. The lowest BCUT2D eigenvalue weighted by atomic mass is 10.1. The molecule has 5 heteroatoms. The number of hydrogen-bond acceptors (Lipinski definition) is 3. The van der Waals surface area contributed by atoms with Gasteiger partial charge in [0.1, 0.15) is 5.82 Å². The number of carbonyl (C=O) groups is 1. The number of carboxylic acids is 1. The van der Waals surface area contributed by atoms with Gasteiger partial charge in [0.15, 0.2) is 0 Å². The highest BCUT2D eigenvalue weighted by atomic mass is 35.5. The van der Waals surface area contributed by atoms with Gasteiger partial charge in [-0.1, -0.05) is 23.7 Å². The summed E-state index contributed by atoms with van der Waals surface area (Å²) in [6.07, 6.45) is 1.69. The second kappa shape index (κ2) is 5.42. The number of anilines is 2. The molecule has 4 nitrogen and oxygen atoms in total. The van der Waals surface area contributed by atoms with E-state index in [1.54, 1.807) is 30.5 Å². The molecule has 2 N–H and O–H groups in total. The summed E-state index contributed by atoms with van der Waals surface area (Å²) >= 11 is 6.03. The van der Waals surface area contributed by atoms with Crippen molar-refractivity contribution in [3.8, 4) is 0 Å². The van der Waals surface area contributed by atoms with Crippen LogP contribution in [0.5, 0.6) is 0 Å². The van der Waals surface area contributed by atoms with Gasteiger partial charge in [-0.15, -0.1) is 0 Å². The Morgan fingerprint density at radius 3 is 2.81 bits per heavy atom. The first-order valence-electron chi connectivity index (χ1n) is 6.28. The van der Waals surface area contributed by atoms with Crippen molar-refractivity contribution in [2.24, 2.45) is 0 Å². The van der Waals surface area contributed by atoms with Crippen LogP contribution in [0.3, 0.4) is 0 Å². The molecule has 0 aliphatic rings. The van der Waals surface area contributed by atoms with Crippen LogP contribution in [-0.2, 0) is 0 Å². The average molecular weight is 299 g/mol. The lowest BCUT2D eigenvalue weighted by Gasteiger charge is -2.09. The van der Waals surface area contributed by atoms with Crippen LogP contribution < -0.4 is 5.32 Å². The molecule has 0 saturated heterocycles. The topological polar surface area (TPSA) is 62.2 Å². The SMILES string of the molecule is O=C(O)c1cccc(Nc2nccc3ccc(Cl)cc23)c1. The molecular formula is C16H11ClN2O2. The summed E-state index contributed by atoms with van der Waals surface area (Å²) in [7, 11) is 0. The van der Waals surface area contributed by atoms with E-state index in [0.29, 0.717) is 16.5 Å². The maximum absolute atomic E-state index is 11.0. The van der Waals surface area contributed by atoms with Crippen LogP contribution in [0, 0.1) is 0 Å². The first-order chi connectivity index (χ1) is 10.1. The van der Waals surface area contributed by atoms with Crippen molar-refractivity contribution in [2.45, 2.75) is 0 Å². The summed E-state index contributed by atoms with van der Waals surface area (Å²) in [5.41, 5.74) is 0.883. The van der Waals surface area contributed by atoms with Crippen LogP contribution in [0.4, 0.5) is 11.5 Å². The highest BCUT2D eigenvalue weighted by Crippen LogP contribution is 2.27. The van der Waals surface area contributed by atoms with Crippen molar-refractivity contribution >= 4 is 39.8 Å². The van der Waals surface area contributed by atoms with E-state index in [4.69, 9.17) is 16.7 Å². The van der Waals surface area contributed by atoms with Crippen molar-refractivity contribution in [2.75, 3.05) is 5.32 Å². The Hall–Kier alpha value is -2.59. The van der Waals surface area contributed by atoms with Crippen molar-refractivity contribution in [3.63, 3.8) is 0 Å². The number of halogens is 1. The molecule has 3 aromatic rings. The van der Waals surface area contributed by atoms with Crippen LogP contribution in [0.2, 0.25) is 5.02 Å². The number of nitrogens with one attached hydrogen (secondary N) is 1. The zero-order chi connectivity index (χ0) is 14.8. The molecule has 0 fully saturated rings. The van der Waals surface area contributed by atoms with Gasteiger partial charge < -0.3 is 10.4 Å². The van der Waals surface area contributed by atoms with Gasteiger partial charge in [-0.25, -0.2) is 9.78 Å². The fourth-order valence-corrected chi connectivity index (χ4v) is 2.28. The minimum atomic E-state index is -0.965. The highest BCUT2D eigenvalue weighted by molar-refractivity contribution is 6.31. The highest BCUT2D eigenvalue weighted by Gasteiger charge is 2.06. The molecule has 2 aromatic carbocycles. The Balaban J connectivity index is 2.04. The number of pyridine rings is 1. The normalized spacial score (nSPS) is 10.5. The Bertz CT molecular complexity index is 833. The molecule has 0 radical (unpaired) electrons. The quantitative estimate of drug-likeness (QED) is 0.755. The Kier molecular flexibility index (Phi) is 3.46. The van der Waals surface area contributed by atoms with Crippen molar-refractivity contribution in [3.05, 3.63) is 65.3 Å². The third-order valence-electron chi connectivity index (χ3n) is 3.10. The van der Waals surface area contributed by atoms with Crippen LogP contribution >= 0.6 is 11.6 Å². The molecule has 21 heavy (non-hydrogen) atoms. The number of aromatic nitrogens is 1. The average Bonchev–Trinajstić information content (AvgIpc) is 2.48. The second-order valence-corrected chi connectivity index (χ2v) is 4.97. The standard InChI is InChI=1S/C16H11ClN2O2/c17-12-5-4-10-6-7-18-15(14(10)9-12)19-13-3-1-2-11(8-13)16(20)21/h1-9H,(H,18,19)(H,20,21). The number of benzene rings is 2. The monoisotopic (exact) mass is 298 g/mol. The fourth-order valence-electron chi connectivity index (χ4n) is 2.11. The number of rotatable bonds is 3. The zero-order valence-electron chi connectivity index (χ0n) is 10.9. The van der Waals surface area contributed by atoms with E-state index in [2.05, 4.69) is 10.3 Å². The third-order valence-corrected chi connectivity index (χ3v) is 3.34. The smallest absolute Gasteiger partial charge is 0.335 e. The summed E-state index contributed by atoms with van der Waals surface area (Å²) in [4.78, 5) is 15.3. The number of fused-ring (bicyclic) bond motifs is 1. The molecule has 0 saturated carbocycles. The first kappa shape index (κ1) is 13.4. The minimum Gasteiger partial charge on any atom is -0.478 e. The first-order valence-corrected chi connectivity index (χ1v) is 6.66. The van der Waals surface area contributed by atoms with Gasteiger partial charge in [0.25, 0.3) is 0 Å². The predicted molar refractivity (Wildman–Crippen MR) is 83.4 cm³/mol. The van der Waals surface area contributed by atoms with Crippen LogP contribution in [0.15, 0.2) is 54.7 Å². The summed E-state index contributed by atoms with van der Waals surface area (Å²) < 4.78 is 0. The van der Waals surface area contributed by atoms with Crippen molar-refractivity contribution in [1.82, 2.24) is 4.98 Å². The van der Waals surface area contributed by atoms with E-state index in [-0.39, 0.29) is 5.56 Å². The lowest BCUT2D eigenvalue weighted by Crippen LogP contribution is -1.99. The molecule has 0 atom stereocenters. The summed E-state index contributed by atoms with van der Waals surface area (Å²) in [5, 5.41) is 14.7. The second-order valence-electron chi connectivity index (χ2n) is 4.54. The number of aromatic carboxylic acids is 1. The van der Waals surface area contributed by atoms with Gasteiger partial charge in [-0.2, -0.15) is 0 Å². The molecule has 104 valence electrons. The van der Waals surface area contributed by atoms with E-state index in [1.807, 2.05) is 24.3 Å². The third kappa shape index (κ3) is 2.80. The summed E-state index contributed by atoms with van der Waals surface area (Å²) in [6.45, 7) is 0. The molecule has 1 heterocycles. The van der Waals surface area contributed by atoms with E-state index < -0.39 is 5.97 Å². The van der Waals surface area contributed by atoms with Gasteiger partial charge in [0.05, 0.1) is 5.56 Å². The van der Waals surface area contributed by atoms with Crippen LogP contribution in [-0.4, -0.2) is 16.1 Å². The minimum absolute atomic E-state index is 0.221. The Morgan fingerprint density at radius 1 is 1.14 bits per heavy atom. The van der Waals surface area contributed by atoms with E-state index in [1.165, 1.54) is 0 Å². The molecule has 3 rings (SSSR count). The fraction of sp³-hybridized carbons (Fsp3) is 0. The molecule has 0 amide bonds. The predicted octanol–water partition coefficient (Wildman–Crippen LogP) is 4.33. The molecular weight excluding hydrogens is 288 g/mol. The van der Waals surface area contributed by atoms with E-state index >= 15 is 0 Å². The van der Waals surface area contributed by atoms with E-state index in [9.17, 15) is 4.79 Å². The van der Waals surface area contributed by atoms with Crippen LogP contribution in [0.1, 0.15) is 10.4 Å². The van der Waals surface area contributed by atoms with Gasteiger partial charge in [0.2, 0.25) is 0 Å². The van der Waals surface area contributed by atoms with Crippen molar-refractivity contribution in [1.29, 1.82) is 0 Å².